The smallest absolute Gasteiger partial charge is 0.226 e. The Balaban J connectivity index is 2.16. The lowest BCUT2D eigenvalue weighted by Crippen LogP contribution is -2.12. The lowest BCUT2D eigenvalue weighted by Gasteiger charge is -2.16. The van der Waals surface area contributed by atoms with Gasteiger partial charge in [0.05, 0.1) is 13.2 Å². The molecule has 0 spiro atoms. The third kappa shape index (κ3) is 3.90. The molecule has 1 heterocycles. The zero-order valence-electron chi connectivity index (χ0n) is 13.2. The van der Waals surface area contributed by atoms with Crippen LogP contribution in [0.1, 0.15) is 49.9 Å². The van der Waals surface area contributed by atoms with Crippen molar-refractivity contribution >= 4 is 5.95 Å². The molecule has 0 saturated carbocycles. The van der Waals surface area contributed by atoms with Crippen LogP contribution in [0.3, 0.4) is 0 Å². The van der Waals surface area contributed by atoms with Crippen molar-refractivity contribution in [2.75, 3.05) is 12.4 Å². The highest BCUT2D eigenvalue weighted by molar-refractivity contribution is 5.34. The molecule has 1 aromatic carbocycles. The Kier molecular flexibility index (Phi) is 4.73. The molecule has 112 valence electrons. The van der Waals surface area contributed by atoms with Gasteiger partial charge in [-0.05, 0) is 31.5 Å². The van der Waals surface area contributed by atoms with Crippen molar-refractivity contribution in [2.45, 2.75) is 39.7 Å². The zero-order valence-corrected chi connectivity index (χ0v) is 13.2. The minimum atomic E-state index is 0.109. The molecule has 5 heteroatoms. The minimum absolute atomic E-state index is 0.109. The number of hydrogen-bond acceptors (Lipinski definition) is 5. The van der Waals surface area contributed by atoms with Crippen LogP contribution in [-0.2, 0) is 0 Å². The van der Waals surface area contributed by atoms with Crippen molar-refractivity contribution in [3.63, 3.8) is 0 Å². The third-order valence-corrected chi connectivity index (χ3v) is 3.24. The largest absolute Gasteiger partial charge is 0.497 e. The van der Waals surface area contributed by atoms with Crippen LogP contribution in [0.4, 0.5) is 5.95 Å². The lowest BCUT2D eigenvalue weighted by atomic mass is 10.1. The van der Waals surface area contributed by atoms with Gasteiger partial charge in [0.25, 0.3) is 0 Å². The van der Waals surface area contributed by atoms with Gasteiger partial charge >= 0.3 is 0 Å². The number of ether oxygens (including phenoxy) is 1. The van der Waals surface area contributed by atoms with Gasteiger partial charge in [0.1, 0.15) is 17.4 Å². The molecule has 0 aliphatic heterocycles. The number of methoxy groups -OCH3 is 1. The summed E-state index contributed by atoms with van der Waals surface area (Å²) in [5, 5.41) is 3.33. The quantitative estimate of drug-likeness (QED) is 0.911. The molecule has 0 aliphatic rings. The van der Waals surface area contributed by atoms with E-state index in [0.717, 1.165) is 23.0 Å². The molecule has 21 heavy (non-hydrogen) atoms. The summed E-state index contributed by atoms with van der Waals surface area (Å²) in [5.41, 5.74) is 1.15. The van der Waals surface area contributed by atoms with Gasteiger partial charge in [-0.25, -0.2) is 4.98 Å². The van der Waals surface area contributed by atoms with Crippen molar-refractivity contribution < 1.29 is 4.74 Å². The maximum Gasteiger partial charge on any atom is 0.226 e. The van der Waals surface area contributed by atoms with E-state index in [0.29, 0.717) is 5.95 Å². The number of benzene rings is 1. The van der Waals surface area contributed by atoms with E-state index in [9.17, 15) is 0 Å². The maximum absolute atomic E-state index is 5.17. The fourth-order valence-corrected chi connectivity index (χ4v) is 1.99. The number of nitrogens with zero attached hydrogens (tertiary/aromatic N) is 3. The van der Waals surface area contributed by atoms with Gasteiger partial charge in [-0.2, -0.15) is 9.97 Å². The molecule has 1 atom stereocenters. The van der Waals surface area contributed by atoms with Crippen molar-refractivity contribution in [1.82, 2.24) is 15.0 Å². The second kappa shape index (κ2) is 6.52. The van der Waals surface area contributed by atoms with Gasteiger partial charge in [0.15, 0.2) is 0 Å². The molecule has 0 fully saturated rings. The molecular weight excluding hydrogens is 264 g/mol. The Morgan fingerprint density at radius 3 is 2.24 bits per heavy atom. The van der Waals surface area contributed by atoms with Gasteiger partial charge in [0, 0.05) is 5.92 Å². The van der Waals surface area contributed by atoms with Crippen LogP contribution in [0, 0.1) is 6.92 Å². The summed E-state index contributed by atoms with van der Waals surface area (Å²) in [4.78, 5) is 13.2. The Morgan fingerprint density at radius 1 is 1.00 bits per heavy atom. The second-order valence-electron chi connectivity index (χ2n) is 5.36. The van der Waals surface area contributed by atoms with E-state index in [4.69, 9.17) is 4.74 Å². The van der Waals surface area contributed by atoms with Crippen molar-refractivity contribution in [3.05, 3.63) is 41.5 Å². The summed E-state index contributed by atoms with van der Waals surface area (Å²) < 4.78 is 5.17. The third-order valence-electron chi connectivity index (χ3n) is 3.24. The fourth-order valence-electron chi connectivity index (χ4n) is 1.99. The van der Waals surface area contributed by atoms with Gasteiger partial charge in [0.2, 0.25) is 5.95 Å². The molecule has 0 saturated heterocycles. The van der Waals surface area contributed by atoms with E-state index in [2.05, 4.69) is 41.0 Å². The number of hydrogen-bond donors (Lipinski definition) is 1. The van der Waals surface area contributed by atoms with Crippen molar-refractivity contribution in [2.24, 2.45) is 0 Å². The predicted octanol–water partition coefficient (Wildman–Crippen LogP) is 3.49. The molecule has 1 N–H and O–H groups in total. The Morgan fingerprint density at radius 2 is 1.67 bits per heavy atom. The molecule has 2 rings (SSSR count). The van der Waals surface area contributed by atoms with E-state index >= 15 is 0 Å². The highest BCUT2D eigenvalue weighted by Gasteiger charge is 2.11. The average Bonchev–Trinajstić information content (AvgIpc) is 2.46. The van der Waals surface area contributed by atoms with E-state index < -0.39 is 0 Å². The van der Waals surface area contributed by atoms with Crippen LogP contribution in [0.25, 0.3) is 0 Å². The molecule has 5 nitrogen and oxygen atoms in total. The fraction of sp³-hybridized carbons (Fsp3) is 0.438. The highest BCUT2D eigenvalue weighted by atomic mass is 16.5. The summed E-state index contributed by atoms with van der Waals surface area (Å²) in [6.07, 6.45) is 0. The van der Waals surface area contributed by atoms with Crippen LogP contribution in [0.2, 0.25) is 0 Å². The summed E-state index contributed by atoms with van der Waals surface area (Å²) in [6, 6.07) is 8.08. The summed E-state index contributed by atoms with van der Waals surface area (Å²) in [5.74, 6) is 3.30. The number of rotatable bonds is 5. The monoisotopic (exact) mass is 286 g/mol. The van der Waals surface area contributed by atoms with Crippen molar-refractivity contribution in [1.29, 1.82) is 0 Å². The van der Waals surface area contributed by atoms with E-state index in [1.165, 1.54) is 0 Å². The number of aryl methyl sites for hydroxylation is 1. The van der Waals surface area contributed by atoms with Gasteiger partial charge in [-0.15, -0.1) is 0 Å². The summed E-state index contributed by atoms with van der Waals surface area (Å²) >= 11 is 0. The van der Waals surface area contributed by atoms with Crippen LogP contribution < -0.4 is 10.1 Å². The maximum atomic E-state index is 5.17. The standard InChI is InChI=1S/C16H22N4O/c1-10(2)15-18-12(4)19-16(20-15)17-11(3)13-6-8-14(21-5)9-7-13/h6-11H,1-5H3,(H,17,18,19,20). The Bertz CT molecular complexity index is 596. The summed E-state index contributed by atoms with van der Waals surface area (Å²) in [7, 11) is 1.66. The van der Waals surface area contributed by atoms with Gasteiger partial charge in [-0.3, -0.25) is 0 Å². The first-order valence-electron chi connectivity index (χ1n) is 7.12. The predicted molar refractivity (Wildman–Crippen MR) is 83.7 cm³/mol. The molecular formula is C16H22N4O. The minimum Gasteiger partial charge on any atom is -0.497 e. The van der Waals surface area contributed by atoms with Crippen LogP contribution in [-0.4, -0.2) is 22.1 Å². The normalized spacial score (nSPS) is 12.3. The number of anilines is 1. The molecule has 1 unspecified atom stereocenters. The molecule has 0 aliphatic carbocycles. The first kappa shape index (κ1) is 15.2. The molecule has 0 bridgehead atoms. The van der Waals surface area contributed by atoms with Crippen LogP contribution in [0.5, 0.6) is 5.75 Å². The number of aromatic nitrogens is 3. The molecule has 2 aromatic rings. The van der Waals surface area contributed by atoms with Crippen LogP contribution >= 0.6 is 0 Å². The van der Waals surface area contributed by atoms with Gasteiger partial charge < -0.3 is 10.1 Å². The van der Waals surface area contributed by atoms with E-state index in [1.54, 1.807) is 7.11 Å². The lowest BCUT2D eigenvalue weighted by molar-refractivity contribution is 0.414. The Labute approximate surface area is 125 Å². The topological polar surface area (TPSA) is 59.9 Å². The Hall–Kier alpha value is -2.17. The molecule has 0 radical (unpaired) electrons. The highest BCUT2D eigenvalue weighted by Crippen LogP contribution is 2.20. The van der Waals surface area contributed by atoms with Gasteiger partial charge in [-0.1, -0.05) is 26.0 Å². The number of nitrogens with one attached hydrogen (secondary N) is 1. The zero-order chi connectivity index (χ0) is 15.4. The van der Waals surface area contributed by atoms with E-state index in [1.807, 2.05) is 31.2 Å². The van der Waals surface area contributed by atoms with Crippen LogP contribution in [0.15, 0.2) is 24.3 Å². The average molecular weight is 286 g/mol. The molecule has 0 amide bonds. The van der Waals surface area contributed by atoms with Crippen molar-refractivity contribution in [3.8, 4) is 5.75 Å². The molecule has 1 aromatic heterocycles. The first-order chi connectivity index (χ1) is 9.99. The van der Waals surface area contributed by atoms with E-state index in [-0.39, 0.29) is 12.0 Å². The SMILES string of the molecule is COc1ccc(C(C)Nc2nc(C)nc(C(C)C)n2)cc1. The second-order valence-corrected chi connectivity index (χ2v) is 5.36. The first-order valence-corrected chi connectivity index (χ1v) is 7.12. The summed E-state index contributed by atoms with van der Waals surface area (Å²) in [6.45, 7) is 8.11.